The highest BCUT2D eigenvalue weighted by molar-refractivity contribution is 6.30. The highest BCUT2D eigenvalue weighted by atomic mass is 35.5. The topological polar surface area (TPSA) is 78.1 Å². The quantitative estimate of drug-likeness (QED) is 0.687. The molecule has 2 heterocycles. The molecule has 0 saturated carbocycles. The summed E-state index contributed by atoms with van der Waals surface area (Å²) >= 11 is 5.72. The van der Waals surface area contributed by atoms with E-state index in [-0.39, 0.29) is 11.8 Å². The Morgan fingerprint density at radius 2 is 1.95 bits per heavy atom. The molecule has 0 aliphatic rings. The second-order valence-corrected chi connectivity index (χ2v) is 4.45. The Balaban J connectivity index is 1.95. The molecule has 3 rings (SSSR count). The van der Waals surface area contributed by atoms with Crippen LogP contribution in [0.4, 0.5) is 0 Å². The predicted octanol–water partition coefficient (Wildman–Crippen LogP) is 3.39. The Labute approximate surface area is 124 Å². The van der Waals surface area contributed by atoms with Crippen molar-refractivity contribution in [2.45, 2.75) is 0 Å². The van der Waals surface area contributed by atoms with Crippen molar-refractivity contribution in [1.82, 2.24) is 15.1 Å². The van der Waals surface area contributed by atoms with E-state index in [4.69, 9.17) is 20.9 Å². The Bertz CT molecular complexity index is 771. The molecular weight excluding hydrogens is 294 g/mol. The molecule has 0 spiro atoms. The number of aromatic nitrogens is 3. The van der Waals surface area contributed by atoms with Gasteiger partial charge in [0.2, 0.25) is 0 Å². The standard InChI is InChI=1S/C14H8ClN3O3/c15-9-6-16-14(17-7-9)20-13-4-2-1-3-11(13)12-5-10(8-19)21-18-12/h1-8H. The van der Waals surface area contributed by atoms with Crippen molar-refractivity contribution in [3.63, 3.8) is 0 Å². The summed E-state index contributed by atoms with van der Waals surface area (Å²) in [5.41, 5.74) is 1.15. The number of hydrogen-bond donors (Lipinski definition) is 0. The zero-order valence-corrected chi connectivity index (χ0v) is 11.3. The molecule has 0 N–H and O–H groups in total. The summed E-state index contributed by atoms with van der Waals surface area (Å²) in [5.74, 6) is 0.633. The van der Waals surface area contributed by atoms with Crippen LogP contribution in [0.5, 0.6) is 11.8 Å². The minimum atomic E-state index is 0.141. The number of hydrogen-bond acceptors (Lipinski definition) is 6. The predicted molar refractivity (Wildman–Crippen MR) is 74.4 cm³/mol. The van der Waals surface area contributed by atoms with E-state index in [1.54, 1.807) is 18.2 Å². The van der Waals surface area contributed by atoms with Crippen molar-refractivity contribution in [1.29, 1.82) is 0 Å². The largest absolute Gasteiger partial charge is 0.424 e. The molecule has 0 fully saturated rings. The Morgan fingerprint density at radius 3 is 2.67 bits per heavy atom. The zero-order valence-electron chi connectivity index (χ0n) is 10.6. The van der Waals surface area contributed by atoms with Crippen LogP contribution in [0.1, 0.15) is 10.6 Å². The maximum absolute atomic E-state index is 10.7. The van der Waals surface area contributed by atoms with Gasteiger partial charge in [-0.1, -0.05) is 28.9 Å². The molecule has 0 unspecified atom stereocenters. The van der Waals surface area contributed by atoms with Gasteiger partial charge in [-0.05, 0) is 12.1 Å². The van der Waals surface area contributed by atoms with Crippen LogP contribution in [-0.2, 0) is 0 Å². The number of benzene rings is 1. The lowest BCUT2D eigenvalue weighted by molar-refractivity contribution is 0.109. The number of halogens is 1. The summed E-state index contributed by atoms with van der Waals surface area (Å²) in [6.07, 6.45) is 3.46. The van der Waals surface area contributed by atoms with Gasteiger partial charge in [-0.15, -0.1) is 0 Å². The lowest BCUT2D eigenvalue weighted by Gasteiger charge is -2.07. The number of rotatable bonds is 4. The van der Waals surface area contributed by atoms with Crippen molar-refractivity contribution in [3.05, 3.63) is 53.5 Å². The molecule has 21 heavy (non-hydrogen) atoms. The summed E-state index contributed by atoms with van der Waals surface area (Å²) in [6, 6.07) is 8.83. The van der Waals surface area contributed by atoms with Gasteiger partial charge in [0.25, 0.3) is 0 Å². The van der Waals surface area contributed by atoms with E-state index in [0.29, 0.717) is 28.3 Å². The third-order valence-corrected chi connectivity index (χ3v) is 2.80. The fourth-order valence-electron chi connectivity index (χ4n) is 1.69. The average Bonchev–Trinajstić information content (AvgIpc) is 2.99. The third kappa shape index (κ3) is 2.90. The van der Waals surface area contributed by atoms with Crippen LogP contribution < -0.4 is 4.74 Å². The first-order valence-corrected chi connectivity index (χ1v) is 6.31. The van der Waals surface area contributed by atoms with Gasteiger partial charge >= 0.3 is 6.01 Å². The molecule has 2 aromatic heterocycles. The highest BCUT2D eigenvalue weighted by Crippen LogP contribution is 2.31. The molecule has 0 bridgehead atoms. The van der Waals surface area contributed by atoms with E-state index >= 15 is 0 Å². The lowest BCUT2D eigenvalue weighted by Crippen LogP contribution is -1.93. The van der Waals surface area contributed by atoms with Crippen LogP contribution in [0.2, 0.25) is 5.02 Å². The van der Waals surface area contributed by atoms with Crippen molar-refractivity contribution < 1.29 is 14.1 Å². The molecular formula is C14H8ClN3O3. The molecule has 0 radical (unpaired) electrons. The number of carbonyl (C=O) groups excluding carboxylic acids is 1. The van der Waals surface area contributed by atoms with Crippen LogP contribution in [0.25, 0.3) is 11.3 Å². The van der Waals surface area contributed by atoms with Crippen LogP contribution in [0, 0.1) is 0 Å². The van der Waals surface area contributed by atoms with Crippen LogP contribution in [0.15, 0.2) is 47.2 Å². The second kappa shape index (κ2) is 5.72. The fourth-order valence-corrected chi connectivity index (χ4v) is 1.79. The molecule has 1 aromatic carbocycles. The summed E-state index contributed by atoms with van der Waals surface area (Å²) in [7, 11) is 0. The summed E-state index contributed by atoms with van der Waals surface area (Å²) in [6.45, 7) is 0. The van der Waals surface area contributed by atoms with Gasteiger partial charge in [-0.2, -0.15) is 0 Å². The van der Waals surface area contributed by atoms with Crippen LogP contribution in [-0.4, -0.2) is 21.4 Å². The van der Waals surface area contributed by atoms with Gasteiger partial charge in [0.1, 0.15) is 11.4 Å². The molecule has 0 atom stereocenters. The number of para-hydroxylation sites is 1. The minimum Gasteiger partial charge on any atom is -0.424 e. The summed E-state index contributed by atoms with van der Waals surface area (Å²) < 4.78 is 10.5. The van der Waals surface area contributed by atoms with Gasteiger partial charge in [-0.3, -0.25) is 4.79 Å². The van der Waals surface area contributed by atoms with Gasteiger partial charge in [0, 0.05) is 11.6 Å². The first-order valence-electron chi connectivity index (χ1n) is 5.93. The van der Waals surface area contributed by atoms with Crippen molar-refractivity contribution in [2.24, 2.45) is 0 Å². The van der Waals surface area contributed by atoms with E-state index < -0.39 is 0 Å². The van der Waals surface area contributed by atoms with Crippen molar-refractivity contribution in [2.75, 3.05) is 0 Å². The maximum atomic E-state index is 10.7. The Hall–Kier alpha value is -2.73. The van der Waals surface area contributed by atoms with Gasteiger partial charge in [0.15, 0.2) is 12.0 Å². The molecule has 3 aromatic rings. The van der Waals surface area contributed by atoms with E-state index in [1.807, 2.05) is 6.07 Å². The number of aldehydes is 1. The lowest BCUT2D eigenvalue weighted by atomic mass is 10.1. The first-order chi connectivity index (χ1) is 10.3. The van der Waals surface area contributed by atoms with Gasteiger partial charge in [0.05, 0.1) is 17.4 Å². The second-order valence-electron chi connectivity index (χ2n) is 4.01. The number of nitrogens with zero attached hydrogens (tertiary/aromatic N) is 3. The molecule has 6 nitrogen and oxygen atoms in total. The normalized spacial score (nSPS) is 10.3. The minimum absolute atomic E-state index is 0.141. The van der Waals surface area contributed by atoms with E-state index in [2.05, 4.69) is 15.1 Å². The first kappa shape index (κ1) is 13.3. The fraction of sp³-hybridized carbons (Fsp3) is 0. The van der Waals surface area contributed by atoms with Crippen molar-refractivity contribution >= 4 is 17.9 Å². The van der Waals surface area contributed by atoms with E-state index in [0.717, 1.165) is 0 Å². The highest BCUT2D eigenvalue weighted by Gasteiger charge is 2.12. The van der Waals surface area contributed by atoms with Gasteiger partial charge < -0.3 is 9.26 Å². The maximum Gasteiger partial charge on any atom is 0.321 e. The summed E-state index contributed by atoms with van der Waals surface area (Å²) in [5, 5.41) is 4.24. The van der Waals surface area contributed by atoms with Crippen LogP contribution in [0.3, 0.4) is 0 Å². The monoisotopic (exact) mass is 301 g/mol. The molecule has 7 heteroatoms. The van der Waals surface area contributed by atoms with Crippen LogP contribution >= 0.6 is 11.6 Å². The smallest absolute Gasteiger partial charge is 0.321 e. The molecule has 0 amide bonds. The van der Waals surface area contributed by atoms with Gasteiger partial charge in [-0.25, -0.2) is 9.97 Å². The molecule has 0 aliphatic carbocycles. The number of carbonyl (C=O) groups is 1. The summed E-state index contributed by atoms with van der Waals surface area (Å²) in [4.78, 5) is 18.6. The average molecular weight is 302 g/mol. The SMILES string of the molecule is O=Cc1cc(-c2ccccc2Oc2ncc(Cl)cn2)no1. The molecule has 104 valence electrons. The molecule has 0 aliphatic heterocycles. The van der Waals surface area contributed by atoms with Crippen molar-refractivity contribution in [3.8, 4) is 23.0 Å². The Kier molecular flexibility index (Phi) is 3.61. The zero-order chi connectivity index (χ0) is 14.7. The number of ether oxygens (including phenoxy) is 1. The van der Waals surface area contributed by atoms with E-state index in [9.17, 15) is 4.79 Å². The van der Waals surface area contributed by atoms with E-state index in [1.165, 1.54) is 18.5 Å². The molecule has 0 saturated heterocycles. The Morgan fingerprint density at radius 1 is 1.19 bits per heavy atom. The third-order valence-electron chi connectivity index (χ3n) is 2.61.